The largest absolute Gasteiger partial charge is 0.459 e. The summed E-state index contributed by atoms with van der Waals surface area (Å²) in [5.41, 5.74) is 0.283. The van der Waals surface area contributed by atoms with Crippen LogP contribution in [0.15, 0.2) is 36.0 Å². The molecule has 0 aromatic carbocycles. The zero-order chi connectivity index (χ0) is 26.7. The lowest BCUT2D eigenvalue weighted by atomic mass is 9.87. The summed E-state index contributed by atoms with van der Waals surface area (Å²) in [5.74, 6) is -1.75. The van der Waals surface area contributed by atoms with Crippen molar-refractivity contribution < 1.29 is 38.7 Å². The summed E-state index contributed by atoms with van der Waals surface area (Å²) in [7, 11) is 0. The molecular weight excluding hydrogens is 466 g/mol. The molecule has 9 nitrogen and oxygen atoms in total. The second-order valence-electron chi connectivity index (χ2n) is 10.7. The maximum Gasteiger partial charge on any atom is 0.303 e. The normalized spacial score (nSPS) is 39.9. The highest BCUT2D eigenvalue weighted by atomic mass is 16.7. The van der Waals surface area contributed by atoms with Gasteiger partial charge in [-0.2, -0.15) is 0 Å². The number of amides is 1. The molecule has 0 aromatic rings. The van der Waals surface area contributed by atoms with Gasteiger partial charge in [0.2, 0.25) is 5.91 Å². The molecule has 9 atom stereocenters. The van der Waals surface area contributed by atoms with E-state index >= 15 is 0 Å². The summed E-state index contributed by atoms with van der Waals surface area (Å²) in [5, 5.41) is 23.9. The van der Waals surface area contributed by atoms with E-state index in [1.165, 1.54) is 13.0 Å². The number of epoxide rings is 1. The fraction of sp³-hybridized carbons (Fsp3) is 0.704. The maximum atomic E-state index is 12.3. The van der Waals surface area contributed by atoms with E-state index in [2.05, 4.69) is 18.3 Å². The molecule has 0 saturated carbocycles. The van der Waals surface area contributed by atoms with Gasteiger partial charge in [-0.15, -0.1) is 0 Å². The Morgan fingerprint density at radius 2 is 1.94 bits per heavy atom. The van der Waals surface area contributed by atoms with Crippen LogP contribution in [0.1, 0.15) is 60.8 Å². The van der Waals surface area contributed by atoms with Crippen molar-refractivity contribution in [2.45, 2.75) is 109 Å². The Labute approximate surface area is 213 Å². The van der Waals surface area contributed by atoms with Crippen LogP contribution in [0, 0.1) is 5.92 Å². The molecule has 0 unspecified atom stereocenters. The number of hydrogen-bond donors (Lipinski definition) is 3. The fourth-order valence-corrected chi connectivity index (χ4v) is 4.95. The Kier molecular flexibility index (Phi) is 9.16. The van der Waals surface area contributed by atoms with Gasteiger partial charge in [-0.1, -0.05) is 30.7 Å². The van der Waals surface area contributed by atoms with Gasteiger partial charge in [0.25, 0.3) is 0 Å². The number of ether oxygens (including phenoxy) is 4. The topological polar surface area (TPSA) is 127 Å². The molecule has 0 aromatic heterocycles. The zero-order valence-electron chi connectivity index (χ0n) is 22.1. The van der Waals surface area contributed by atoms with Crippen LogP contribution in [0.3, 0.4) is 0 Å². The lowest BCUT2D eigenvalue weighted by Gasteiger charge is -2.40. The number of aliphatic hydroxyl groups excluding tert-OH is 1. The highest BCUT2D eigenvalue weighted by Gasteiger charge is 2.61. The van der Waals surface area contributed by atoms with Crippen molar-refractivity contribution in [3.8, 4) is 0 Å². The van der Waals surface area contributed by atoms with Crippen LogP contribution in [-0.2, 0) is 28.5 Å². The maximum absolute atomic E-state index is 12.3. The van der Waals surface area contributed by atoms with Gasteiger partial charge >= 0.3 is 5.97 Å². The van der Waals surface area contributed by atoms with Gasteiger partial charge in [0.05, 0.1) is 24.9 Å². The smallest absolute Gasteiger partial charge is 0.303 e. The van der Waals surface area contributed by atoms with Crippen molar-refractivity contribution in [1.29, 1.82) is 0 Å². The molecule has 9 heteroatoms. The Bertz CT molecular complexity index is 890. The molecule has 3 aliphatic heterocycles. The monoisotopic (exact) mass is 507 g/mol. The Morgan fingerprint density at radius 1 is 1.25 bits per heavy atom. The minimum atomic E-state index is -1.34. The van der Waals surface area contributed by atoms with Crippen molar-refractivity contribution >= 4 is 11.9 Å². The zero-order valence-corrected chi connectivity index (χ0v) is 22.1. The van der Waals surface area contributed by atoms with Crippen LogP contribution >= 0.6 is 0 Å². The van der Waals surface area contributed by atoms with E-state index in [9.17, 15) is 19.8 Å². The molecule has 1 spiro atoms. The van der Waals surface area contributed by atoms with Crippen LogP contribution in [0.25, 0.3) is 0 Å². The summed E-state index contributed by atoms with van der Waals surface area (Å²) in [4.78, 5) is 23.3. The van der Waals surface area contributed by atoms with Gasteiger partial charge in [0.15, 0.2) is 5.79 Å². The minimum Gasteiger partial charge on any atom is -0.459 e. The number of rotatable bonds is 8. The van der Waals surface area contributed by atoms with Crippen LogP contribution in [0.4, 0.5) is 0 Å². The first-order valence-electron chi connectivity index (χ1n) is 12.7. The Morgan fingerprint density at radius 3 is 2.58 bits per heavy atom. The van der Waals surface area contributed by atoms with Gasteiger partial charge < -0.3 is 34.5 Å². The number of carbonyl (C=O) groups is 2. The number of aliphatic hydroxyl groups is 2. The van der Waals surface area contributed by atoms with E-state index in [1.54, 1.807) is 26.0 Å². The lowest BCUT2D eigenvalue weighted by Crippen LogP contribution is -2.54. The molecular formula is C27H41NO8. The van der Waals surface area contributed by atoms with Crippen molar-refractivity contribution in [2.75, 3.05) is 6.61 Å². The van der Waals surface area contributed by atoms with Gasteiger partial charge in [-0.25, -0.2) is 0 Å². The quantitative estimate of drug-likeness (QED) is 0.198. The molecule has 3 aliphatic rings. The highest BCUT2D eigenvalue weighted by Crippen LogP contribution is 2.45. The van der Waals surface area contributed by atoms with E-state index in [0.717, 1.165) is 12.0 Å². The second kappa shape index (κ2) is 11.6. The molecule has 3 fully saturated rings. The number of hydrogen-bond acceptors (Lipinski definition) is 8. The van der Waals surface area contributed by atoms with Crippen LogP contribution < -0.4 is 5.32 Å². The predicted molar refractivity (Wildman–Crippen MR) is 133 cm³/mol. The third kappa shape index (κ3) is 7.73. The van der Waals surface area contributed by atoms with Crippen LogP contribution in [0.2, 0.25) is 0 Å². The van der Waals surface area contributed by atoms with Crippen LogP contribution in [0.5, 0.6) is 0 Å². The summed E-state index contributed by atoms with van der Waals surface area (Å²) in [6.07, 6.45) is 8.33. The SMILES string of the molecule is CC(=O)O[C@@H](C)/C=C\C(=O)N[C@@H]1C[C@H](C)[C@H](C/C=C(C)\C=C\[C@@H]2O[C@@](C)(O)C[C@]3(CO3)[C@@H]2O)O[C@@H]1C. The van der Waals surface area contributed by atoms with Gasteiger partial charge in [-0.3, -0.25) is 9.59 Å². The molecule has 0 radical (unpaired) electrons. The average Bonchev–Trinajstić information content (AvgIpc) is 3.54. The molecule has 1 amide bonds. The average molecular weight is 508 g/mol. The summed E-state index contributed by atoms with van der Waals surface area (Å²) < 4.78 is 22.3. The van der Waals surface area contributed by atoms with Gasteiger partial charge in [0, 0.05) is 19.4 Å². The molecule has 0 bridgehead atoms. The molecule has 3 N–H and O–H groups in total. The summed E-state index contributed by atoms with van der Waals surface area (Å²) >= 11 is 0. The minimum absolute atomic E-state index is 0.0106. The van der Waals surface area contributed by atoms with E-state index in [4.69, 9.17) is 18.9 Å². The van der Waals surface area contributed by atoms with Crippen molar-refractivity contribution in [1.82, 2.24) is 5.32 Å². The molecule has 3 saturated heterocycles. The Hall–Kier alpha value is -2.04. The van der Waals surface area contributed by atoms with Crippen LogP contribution in [-0.4, -0.2) is 76.6 Å². The molecule has 3 heterocycles. The number of allylic oxidation sites excluding steroid dienone is 2. The first-order valence-corrected chi connectivity index (χ1v) is 12.7. The van der Waals surface area contributed by atoms with E-state index < -0.39 is 35.7 Å². The second-order valence-corrected chi connectivity index (χ2v) is 10.7. The number of esters is 1. The third-order valence-corrected chi connectivity index (χ3v) is 7.02. The first kappa shape index (κ1) is 28.5. The van der Waals surface area contributed by atoms with Crippen molar-refractivity contribution in [3.63, 3.8) is 0 Å². The van der Waals surface area contributed by atoms with Gasteiger partial charge in [-0.05, 0) is 52.5 Å². The van der Waals surface area contributed by atoms with Crippen molar-refractivity contribution in [3.05, 3.63) is 36.0 Å². The Balaban J connectivity index is 1.49. The first-order chi connectivity index (χ1) is 16.8. The third-order valence-electron chi connectivity index (χ3n) is 7.02. The van der Waals surface area contributed by atoms with E-state index in [0.29, 0.717) is 13.0 Å². The molecule has 202 valence electrons. The van der Waals surface area contributed by atoms with Gasteiger partial charge in [0.1, 0.15) is 23.9 Å². The molecule has 36 heavy (non-hydrogen) atoms. The number of nitrogens with one attached hydrogen (secondary N) is 1. The highest BCUT2D eigenvalue weighted by molar-refractivity contribution is 5.87. The van der Waals surface area contributed by atoms with E-state index in [-0.39, 0.29) is 36.5 Å². The molecule has 3 rings (SSSR count). The number of carbonyl (C=O) groups excluding carboxylic acids is 2. The molecule has 0 aliphatic carbocycles. The fourth-order valence-electron chi connectivity index (χ4n) is 4.95. The predicted octanol–water partition coefficient (Wildman–Crippen LogP) is 2.31. The van der Waals surface area contributed by atoms with Crippen molar-refractivity contribution in [2.24, 2.45) is 5.92 Å². The summed E-state index contributed by atoms with van der Waals surface area (Å²) in [6.45, 7) is 11.1. The standard InChI is InChI=1S/C27H41NO8/c1-16(8-11-23-25(31)27(15-33-27)14-26(6,32)36-23)7-10-22-17(2)13-21(19(4)35-22)28-24(30)12-9-18(3)34-20(5)29/h7-9,11-12,17-19,21-23,25,31-32H,10,13-15H2,1-6H3,(H,28,30)/b11-8+,12-9-,16-7-/t17-,18-,19+,21+,22-,23-,25+,26+,27-/m0/s1. The summed E-state index contributed by atoms with van der Waals surface area (Å²) in [6, 6.07) is -0.114. The lowest BCUT2D eigenvalue weighted by molar-refractivity contribution is -0.272. The van der Waals surface area contributed by atoms with E-state index in [1.807, 2.05) is 19.9 Å².